The Hall–Kier alpha value is -1.14. The third kappa shape index (κ3) is 4.97. The lowest BCUT2D eigenvalue weighted by molar-refractivity contribution is -0.123. The largest absolute Gasteiger partial charge is 0.481 e. The molecule has 1 aromatic rings. The van der Waals surface area contributed by atoms with Crippen molar-refractivity contribution in [2.45, 2.75) is 19.8 Å². The van der Waals surface area contributed by atoms with Gasteiger partial charge in [-0.05, 0) is 49.5 Å². The first-order valence-electron chi connectivity index (χ1n) is 7.04. The van der Waals surface area contributed by atoms with Gasteiger partial charge in [-0.2, -0.15) is 0 Å². The smallest absolute Gasteiger partial charge is 0.257 e. The molecule has 0 bridgehead atoms. The van der Waals surface area contributed by atoms with Crippen LogP contribution in [0.1, 0.15) is 19.8 Å². The maximum Gasteiger partial charge on any atom is 0.257 e. The topological polar surface area (TPSA) is 50.4 Å². The fourth-order valence-electron chi connectivity index (χ4n) is 2.31. The maximum atomic E-state index is 13.5. The number of benzene rings is 1. The second-order valence-corrected chi connectivity index (χ2v) is 6.62. The van der Waals surface area contributed by atoms with Gasteiger partial charge in [0.2, 0.25) is 0 Å². The Balaban J connectivity index is 1.77. The van der Waals surface area contributed by atoms with Crippen LogP contribution < -0.4 is 15.4 Å². The van der Waals surface area contributed by atoms with Gasteiger partial charge >= 0.3 is 0 Å². The van der Waals surface area contributed by atoms with Crippen molar-refractivity contribution in [2.75, 3.05) is 26.2 Å². The van der Waals surface area contributed by atoms with Gasteiger partial charge in [-0.3, -0.25) is 4.79 Å². The molecule has 21 heavy (non-hydrogen) atoms. The van der Waals surface area contributed by atoms with Crippen LogP contribution in [0, 0.1) is 11.2 Å². The van der Waals surface area contributed by atoms with Crippen molar-refractivity contribution < 1.29 is 13.9 Å². The quantitative estimate of drug-likeness (QED) is 0.849. The van der Waals surface area contributed by atoms with Crippen LogP contribution in [-0.2, 0) is 4.79 Å². The highest BCUT2D eigenvalue weighted by Crippen LogP contribution is 2.26. The van der Waals surface area contributed by atoms with Crippen molar-refractivity contribution in [1.29, 1.82) is 0 Å². The molecule has 1 saturated heterocycles. The highest BCUT2D eigenvalue weighted by Gasteiger charge is 2.27. The van der Waals surface area contributed by atoms with Gasteiger partial charge in [-0.25, -0.2) is 4.39 Å². The molecule has 1 aliphatic heterocycles. The minimum atomic E-state index is -0.484. The molecule has 0 saturated carbocycles. The minimum absolute atomic E-state index is 0.0847. The van der Waals surface area contributed by atoms with Crippen LogP contribution in [-0.4, -0.2) is 32.1 Å². The van der Waals surface area contributed by atoms with Crippen LogP contribution in [0.4, 0.5) is 4.39 Å². The standard InChI is InChI=1S/C15H20BrFN2O2/c1-15(4-6-18-7-5-15)10-19-14(20)9-21-13-3-2-11(16)8-12(13)17/h2-3,8,18H,4-7,9-10H2,1H3,(H,19,20). The first kappa shape index (κ1) is 16.2. The molecule has 1 heterocycles. The van der Waals surface area contributed by atoms with Crippen LogP contribution in [0.5, 0.6) is 5.75 Å². The van der Waals surface area contributed by atoms with Gasteiger partial charge in [-0.1, -0.05) is 22.9 Å². The minimum Gasteiger partial charge on any atom is -0.481 e. The molecule has 0 aromatic heterocycles. The number of piperidine rings is 1. The fraction of sp³-hybridized carbons (Fsp3) is 0.533. The second-order valence-electron chi connectivity index (χ2n) is 5.70. The number of hydrogen-bond acceptors (Lipinski definition) is 3. The molecule has 0 atom stereocenters. The molecule has 0 aliphatic carbocycles. The number of halogens is 2. The van der Waals surface area contributed by atoms with Gasteiger partial charge < -0.3 is 15.4 Å². The summed E-state index contributed by atoms with van der Waals surface area (Å²) in [5.74, 6) is -0.624. The van der Waals surface area contributed by atoms with Crippen molar-refractivity contribution >= 4 is 21.8 Å². The van der Waals surface area contributed by atoms with E-state index in [1.165, 1.54) is 12.1 Å². The summed E-state index contributed by atoms with van der Waals surface area (Å²) < 4.78 is 19.4. The lowest BCUT2D eigenvalue weighted by Crippen LogP contribution is -2.43. The number of carbonyl (C=O) groups excluding carboxylic acids is 1. The number of carbonyl (C=O) groups is 1. The van der Waals surface area contributed by atoms with Crippen molar-refractivity contribution in [2.24, 2.45) is 5.41 Å². The van der Waals surface area contributed by atoms with E-state index in [0.29, 0.717) is 11.0 Å². The molecule has 1 amide bonds. The van der Waals surface area contributed by atoms with Crippen LogP contribution >= 0.6 is 15.9 Å². The molecule has 116 valence electrons. The molecular weight excluding hydrogens is 339 g/mol. The molecule has 1 aromatic carbocycles. The highest BCUT2D eigenvalue weighted by molar-refractivity contribution is 9.10. The monoisotopic (exact) mass is 358 g/mol. The summed E-state index contributed by atoms with van der Waals surface area (Å²) in [5, 5.41) is 6.17. The van der Waals surface area contributed by atoms with Crippen molar-refractivity contribution in [3.8, 4) is 5.75 Å². The van der Waals surface area contributed by atoms with Gasteiger partial charge in [0.1, 0.15) is 0 Å². The molecule has 1 aliphatic rings. The third-order valence-corrected chi connectivity index (χ3v) is 4.27. The summed E-state index contributed by atoms with van der Waals surface area (Å²) in [6, 6.07) is 4.48. The summed E-state index contributed by atoms with van der Waals surface area (Å²) in [7, 11) is 0. The number of amides is 1. The predicted octanol–water partition coefficient (Wildman–Crippen LogP) is 2.47. The SMILES string of the molecule is CC1(CNC(=O)COc2ccc(Br)cc2F)CCNCC1. The zero-order valence-corrected chi connectivity index (χ0v) is 13.6. The first-order chi connectivity index (χ1) is 9.98. The van der Waals surface area contributed by atoms with E-state index in [2.05, 4.69) is 33.5 Å². The normalized spacial score (nSPS) is 17.3. The molecule has 6 heteroatoms. The molecule has 1 fully saturated rings. The van der Waals surface area contributed by atoms with Crippen molar-refractivity contribution in [3.05, 3.63) is 28.5 Å². The lowest BCUT2D eigenvalue weighted by Gasteiger charge is -2.34. The average molecular weight is 359 g/mol. The predicted molar refractivity (Wildman–Crippen MR) is 82.8 cm³/mol. The van der Waals surface area contributed by atoms with E-state index >= 15 is 0 Å². The Kier molecular flexibility index (Phi) is 5.58. The molecule has 0 spiro atoms. The molecular formula is C15H20BrFN2O2. The Morgan fingerprint density at radius 3 is 2.86 bits per heavy atom. The van der Waals surface area contributed by atoms with Gasteiger partial charge in [0, 0.05) is 11.0 Å². The van der Waals surface area contributed by atoms with Gasteiger partial charge in [0.15, 0.2) is 18.2 Å². The van der Waals surface area contributed by atoms with E-state index in [1.807, 2.05) is 0 Å². The maximum absolute atomic E-state index is 13.5. The van der Waals surface area contributed by atoms with E-state index in [-0.39, 0.29) is 23.7 Å². The first-order valence-corrected chi connectivity index (χ1v) is 7.83. The molecule has 0 unspecified atom stereocenters. The van der Waals surface area contributed by atoms with Crippen LogP contribution in [0.25, 0.3) is 0 Å². The lowest BCUT2D eigenvalue weighted by atomic mass is 9.81. The zero-order valence-electron chi connectivity index (χ0n) is 12.0. The fourth-order valence-corrected chi connectivity index (χ4v) is 2.64. The Morgan fingerprint density at radius 1 is 1.48 bits per heavy atom. The summed E-state index contributed by atoms with van der Waals surface area (Å²) in [6.45, 7) is 4.58. The van der Waals surface area contributed by atoms with Crippen LogP contribution in [0.2, 0.25) is 0 Å². The van der Waals surface area contributed by atoms with Crippen LogP contribution in [0.15, 0.2) is 22.7 Å². The number of rotatable bonds is 5. The Labute approximate surface area is 132 Å². The molecule has 4 nitrogen and oxygen atoms in total. The Bertz CT molecular complexity index is 504. The summed E-state index contributed by atoms with van der Waals surface area (Å²) in [5.41, 5.74) is 0.129. The highest BCUT2D eigenvalue weighted by atomic mass is 79.9. The average Bonchev–Trinajstić information content (AvgIpc) is 2.45. The third-order valence-electron chi connectivity index (χ3n) is 3.78. The van der Waals surface area contributed by atoms with E-state index < -0.39 is 5.82 Å². The van der Waals surface area contributed by atoms with E-state index in [4.69, 9.17) is 4.74 Å². The molecule has 2 N–H and O–H groups in total. The van der Waals surface area contributed by atoms with E-state index in [9.17, 15) is 9.18 Å². The molecule has 0 radical (unpaired) electrons. The summed E-state index contributed by atoms with van der Waals surface area (Å²) in [6.07, 6.45) is 2.07. The zero-order chi connectivity index (χ0) is 15.3. The number of hydrogen-bond donors (Lipinski definition) is 2. The number of ether oxygens (including phenoxy) is 1. The van der Waals surface area contributed by atoms with Crippen molar-refractivity contribution in [1.82, 2.24) is 10.6 Å². The van der Waals surface area contributed by atoms with Crippen molar-refractivity contribution in [3.63, 3.8) is 0 Å². The summed E-state index contributed by atoms with van der Waals surface area (Å²) >= 11 is 3.17. The van der Waals surface area contributed by atoms with Gasteiger partial charge in [0.25, 0.3) is 5.91 Å². The summed E-state index contributed by atoms with van der Waals surface area (Å²) in [4.78, 5) is 11.8. The Morgan fingerprint density at radius 2 is 2.19 bits per heavy atom. The van der Waals surface area contributed by atoms with Gasteiger partial charge in [0.05, 0.1) is 0 Å². The van der Waals surface area contributed by atoms with E-state index in [1.54, 1.807) is 6.07 Å². The molecule has 2 rings (SSSR count). The van der Waals surface area contributed by atoms with E-state index in [0.717, 1.165) is 25.9 Å². The number of nitrogens with one attached hydrogen (secondary N) is 2. The van der Waals surface area contributed by atoms with Gasteiger partial charge in [-0.15, -0.1) is 0 Å². The van der Waals surface area contributed by atoms with Crippen LogP contribution in [0.3, 0.4) is 0 Å². The second kappa shape index (κ2) is 7.22.